The predicted octanol–water partition coefficient (Wildman–Crippen LogP) is 7.23. The molecule has 0 fully saturated rings. The van der Waals surface area contributed by atoms with Gasteiger partial charge in [-0.3, -0.25) is 4.90 Å². The number of ether oxygens (including phenoxy) is 1. The Morgan fingerprint density at radius 3 is 2.47 bits per heavy atom. The number of hydrogen-bond acceptors (Lipinski definition) is 3. The third kappa shape index (κ3) is 4.87. The molecule has 7 heteroatoms. The van der Waals surface area contributed by atoms with Gasteiger partial charge in [0.1, 0.15) is 23.4 Å². The van der Waals surface area contributed by atoms with Gasteiger partial charge in [0.15, 0.2) is 0 Å². The third-order valence-electron chi connectivity index (χ3n) is 5.55. The Balaban J connectivity index is 0.000000868. The number of phenolic OH excluding ortho intramolecular Hbond substituents is 1. The van der Waals surface area contributed by atoms with Gasteiger partial charge in [-0.25, -0.2) is 9.18 Å². The van der Waals surface area contributed by atoms with Crippen molar-refractivity contribution in [3.8, 4) is 11.5 Å². The number of nitrogens with one attached hydrogen (secondary N) is 1. The summed E-state index contributed by atoms with van der Waals surface area (Å²) in [7, 11) is 0. The van der Waals surface area contributed by atoms with Gasteiger partial charge in [0, 0.05) is 28.2 Å². The van der Waals surface area contributed by atoms with Crippen LogP contribution in [0, 0.1) is 5.82 Å². The lowest BCUT2D eigenvalue weighted by atomic mass is 9.92. The van der Waals surface area contributed by atoms with Crippen molar-refractivity contribution in [3.63, 3.8) is 0 Å². The molecule has 5 rings (SSSR count). The summed E-state index contributed by atoms with van der Waals surface area (Å²) in [6.45, 7) is 4.68. The molecule has 0 bridgehead atoms. The van der Waals surface area contributed by atoms with Crippen LogP contribution in [0.2, 0.25) is 5.02 Å². The maximum atomic E-state index is 13.2. The van der Waals surface area contributed by atoms with Gasteiger partial charge in [-0.15, -0.1) is 0 Å². The number of halogens is 2. The molecule has 2 heterocycles. The van der Waals surface area contributed by atoms with Gasteiger partial charge < -0.3 is 14.8 Å². The van der Waals surface area contributed by atoms with Crippen molar-refractivity contribution in [1.82, 2.24) is 9.88 Å². The van der Waals surface area contributed by atoms with Gasteiger partial charge in [-0.1, -0.05) is 44.0 Å². The zero-order valence-corrected chi connectivity index (χ0v) is 19.8. The van der Waals surface area contributed by atoms with Gasteiger partial charge in [0.2, 0.25) is 0 Å². The summed E-state index contributed by atoms with van der Waals surface area (Å²) >= 11 is 6.22. The van der Waals surface area contributed by atoms with Crippen LogP contribution in [0.4, 0.5) is 9.18 Å². The number of aromatic nitrogens is 1. The highest BCUT2D eigenvalue weighted by Gasteiger charge is 2.35. The number of aromatic hydroxyl groups is 1. The second-order valence-corrected chi connectivity index (χ2v) is 8.61. The van der Waals surface area contributed by atoms with Crippen LogP contribution in [-0.4, -0.2) is 27.6 Å². The monoisotopic (exact) mass is 480 g/mol. The van der Waals surface area contributed by atoms with E-state index in [1.54, 1.807) is 29.2 Å². The van der Waals surface area contributed by atoms with Crippen LogP contribution in [-0.2, 0) is 6.42 Å². The fourth-order valence-electron chi connectivity index (χ4n) is 4.12. The molecule has 1 aliphatic rings. The minimum Gasteiger partial charge on any atom is -0.508 e. The number of fused-ring (bicyclic) bond motifs is 3. The number of H-pyrrole nitrogens is 1. The second kappa shape index (κ2) is 10.2. The molecule has 0 radical (unpaired) electrons. The average Bonchev–Trinajstić information content (AvgIpc) is 3.19. The van der Waals surface area contributed by atoms with Crippen molar-refractivity contribution in [3.05, 3.63) is 94.4 Å². The van der Waals surface area contributed by atoms with Crippen LogP contribution in [0.1, 0.15) is 43.1 Å². The van der Waals surface area contributed by atoms with Crippen molar-refractivity contribution in [1.29, 1.82) is 0 Å². The number of phenols is 1. The largest absolute Gasteiger partial charge is 0.508 e. The fraction of sp³-hybridized carbons (Fsp3) is 0.222. The molecule has 0 saturated carbocycles. The van der Waals surface area contributed by atoms with E-state index in [-0.39, 0.29) is 11.5 Å². The van der Waals surface area contributed by atoms with Crippen LogP contribution in [0.25, 0.3) is 10.9 Å². The molecule has 1 amide bonds. The summed E-state index contributed by atoms with van der Waals surface area (Å²) in [4.78, 5) is 18.2. The van der Waals surface area contributed by atoms with Crippen LogP contribution in [0.3, 0.4) is 0 Å². The van der Waals surface area contributed by atoms with Crippen molar-refractivity contribution < 1.29 is 19.0 Å². The molecule has 1 aromatic heterocycles. The Hall–Kier alpha value is -3.51. The molecular formula is C27H26ClFN2O3. The van der Waals surface area contributed by atoms with Gasteiger partial charge >= 0.3 is 6.09 Å². The molecule has 4 aromatic rings. The third-order valence-corrected chi connectivity index (χ3v) is 5.79. The zero-order chi connectivity index (χ0) is 24.2. The highest BCUT2D eigenvalue weighted by molar-refractivity contribution is 6.31. The van der Waals surface area contributed by atoms with Crippen molar-refractivity contribution in [2.75, 3.05) is 6.54 Å². The summed E-state index contributed by atoms with van der Waals surface area (Å²) in [5.41, 5.74) is 3.74. The first-order chi connectivity index (χ1) is 16.4. The first-order valence-corrected chi connectivity index (χ1v) is 11.6. The minimum absolute atomic E-state index is 0.142. The highest BCUT2D eigenvalue weighted by Crippen LogP contribution is 2.39. The standard InChI is InChI=1S/C24H18ClFN2O3.C3H8/c25-15-3-10-21-20(13-15)19-11-12-28(24(30)31-18-8-4-16(26)5-9-18)23(22(19)27-21)14-1-6-17(29)7-2-14;1-3-2/h1-10,13,23,27,29H,11-12H2;3H2,1-2H3. The van der Waals surface area contributed by atoms with E-state index in [4.69, 9.17) is 16.3 Å². The van der Waals surface area contributed by atoms with Gasteiger partial charge in [-0.2, -0.15) is 0 Å². The maximum absolute atomic E-state index is 13.2. The van der Waals surface area contributed by atoms with Gasteiger partial charge in [0.25, 0.3) is 0 Å². The van der Waals surface area contributed by atoms with E-state index >= 15 is 0 Å². The van der Waals surface area contributed by atoms with E-state index in [0.29, 0.717) is 18.0 Å². The van der Waals surface area contributed by atoms with Gasteiger partial charge in [0.05, 0.1) is 0 Å². The van der Waals surface area contributed by atoms with Crippen LogP contribution < -0.4 is 4.74 Å². The summed E-state index contributed by atoms with van der Waals surface area (Å²) in [5.74, 6) is 0.00912. The number of rotatable bonds is 2. The number of benzene rings is 3. The SMILES string of the molecule is CCC.O=C(Oc1ccc(F)cc1)N1CCc2c([nH]c3ccc(Cl)cc23)C1c1ccc(O)cc1. The van der Waals surface area contributed by atoms with Gasteiger partial charge in [-0.05, 0) is 72.1 Å². The molecule has 34 heavy (non-hydrogen) atoms. The lowest BCUT2D eigenvalue weighted by Crippen LogP contribution is -2.42. The highest BCUT2D eigenvalue weighted by atomic mass is 35.5. The first kappa shape index (κ1) is 23.6. The zero-order valence-electron chi connectivity index (χ0n) is 19.0. The summed E-state index contributed by atoms with van der Waals surface area (Å²) in [6, 6.07) is 17.3. The number of carbonyl (C=O) groups is 1. The first-order valence-electron chi connectivity index (χ1n) is 11.2. The Labute approximate surface area is 202 Å². The summed E-state index contributed by atoms with van der Waals surface area (Å²) in [5, 5.41) is 11.4. The van der Waals surface area contributed by atoms with E-state index in [2.05, 4.69) is 18.8 Å². The lowest BCUT2D eigenvalue weighted by Gasteiger charge is -2.35. The van der Waals surface area contributed by atoms with E-state index in [0.717, 1.165) is 27.7 Å². The Morgan fingerprint density at radius 1 is 1.12 bits per heavy atom. The predicted molar refractivity (Wildman–Crippen MR) is 132 cm³/mol. The topological polar surface area (TPSA) is 65.6 Å². The Bertz CT molecular complexity index is 1290. The van der Waals surface area contributed by atoms with E-state index in [9.17, 15) is 14.3 Å². The molecule has 5 nitrogen and oxygen atoms in total. The average molecular weight is 481 g/mol. The van der Waals surface area contributed by atoms with E-state index in [1.165, 1.54) is 30.7 Å². The molecule has 0 saturated heterocycles. The number of hydrogen-bond donors (Lipinski definition) is 2. The summed E-state index contributed by atoms with van der Waals surface area (Å²) in [6.07, 6.45) is 1.34. The van der Waals surface area contributed by atoms with Crippen LogP contribution >= 0.6 is 11.6 Å². The van der Waals surface area contributed by atoms with Crippen molar-refractivity contribution >= 4 is 28.6 Å². The smallest absolute Gasteiger partial charge is 0.416 e. The molecule has 0 aliphatic carbocycles. The number of carbonyl (C=O) groups excluding carboxylic acids is 1. The number of aromatic amines is 1. The molecule has 176 valence electrons. The molecule has 1 aliphatic heterocycles. The van der Waals surface area contributed by atoms with E-state index < -0.39 is 18.0 Å². The quantitative estimate of drug-likeness (QED) is 0.318. The molecule has 2 N–H and O–H groups in total. The Morgan fingerprint density at radius 2 is 1.79 bits per heavy atom. The molecular weight excluding hydrogens is 455 g/mol. The normalized spacial score (nSPS) is 14.8. The Kier molecular flexibility index (Phi) is 7.08. The van der Waals surface area contributed by atoms with Crippen LogP contribution in [0.5, 0.6) is 11.5 Å². The molecule has 3 aromatic carbocycles. The molecule has 1 atom stereocenters. The number of amides is 1. The molecule has 1 unspecified atom stereocenters. The second-order valence-electron chi connectivity index (χ2n) is 8.17. The number of nitrogens with zero attached hydrogens (tertiary/aromatic N) is 1. The van der Waals surface area contributed by atoms with Crippen LogP contribution in [0.15, 0.2) is 66.7 Å². The fourth-order valence-corrected chi connectivity index (χ4v) is 4.29. The maximum Gasteiger partial charge on any atom is 0.416 e. The van der Waals surface area contributed by atoms with E-state index in [1.807, 2.05) is 18.2 Å². The summed E-state index contributed by atoms with van der Waals surface area (Å²) < 4.78 is 18.7. The van der Waals surface area contributed by atoms with Crippen molar-refractivity contribution in [2.45, 2.75) is 32.7 Å². The molecule has 0 spiro atoms. The van der Waals surface area contributed by atoms with Crippen molar-refractivity contribution in [2.24, 2.45) is 0 Å². The minimum atomic E-state index is -0.535. The lowest BCUT2D eigenvalue weighted by molar-refractivity contribution is 0.135.